The molecule has 8 nitrogen and oxygen atoms in total. The van der Waals surface area contributed by atoms with Crippen LogP contribution in [0.5, 0.6) is 11.5 Å². The van der Waals surface area contributed by atoms with E-state index in [-0.39, 0.29) is 5.56 Å². The standard InChI is InChI=1S/C19H20N2O6S/c1-25-10-6-7-13(26-2)12(8-10)19(24)27-9-15(22)21-18-16(17(20)23)11-4-3-5-14(11)28-18/h6-8H,3-5,9H2,1-2H3,(H2,20,23)(H,21,22). The molecule has 1 aromatic carbocycles. The number of anilines is 1. The minimum atomic E-state index is -0.727. The molecule has 1 aliphatic carbocycles. The average Bonchev–Trinajstić information content (AvgIpc) is 3.25. The van der Waals surface area contributed by atoms with Crippen LogP contribution in [0.4, 0.5) is 5.00 Å². The average molecular weight is 404 g/mol. The van der Waals surface area contributed by atoms with Gasteiger partial charge in [0.2, 0.25) is 0 Å². The van der Waals surface area contributed by atoms with Crippen LogP contribution in [0, 0.1) is 0 Å². The summed E-state index contributed by atoms with van der Waals surface area (Å²) in [6.07, 6.45) is 2.60. The molecular formula is C19H20N2O6S. The Balaban J connectivity index is 1.67. The van der Waals surface area contributed by atoms with Crippen molar-refractivity contribution in [2.75, 3.05) is 26.1 Å². The smallest absolute Gasteiger partial charge is 0.342 e. The van der Waals surface area contributed by atoms with Crippen molar-refractivity contribution in [2.24, 2.45) is 5.73 Å². The summed E-state index contributed by atoms with van der Waals surface area (Å²) in [6, 6.07) is 4.68. The number of fused-ring (bicyclic) bond motifs is 1. The zero-order chi connectivity index (χ0) is 20.3. The van der Waals surface area contributed by atoms with Crippen molar-refractivity contribution in [2.45, 2.75) is 19.3 Å². The Morgan fingerprint density at radius 3 is 2.64 bits per heavy atom. The second-order valence-electron chi connectivity index (χ2n) is 6.12. The first-order chi connectivity index (χ1) is 13.4. The van der Waals surface area contributed by atoms with Gasteiger partial charge in [0.1, 0.15) is 22.1 Å². The van der Waals surface area contributed by atoms with Crippen molar-refractivity contribution in [1.82, 2.24) is 0 Å². The molecule has 0 unspecified atom stereocenters. The second-order valence-corrected chi connectivity index (χ2v) is 7.22. The molecule has 3 rings (SSSR count). The quantitative estimate of drug-likeness (QED) is 0.683. The third-order valence-electron chi connectivity index (χ3n) is 4.38. The van der Waals surface area contributed by atoms with E-state index in [4.69, 9.17) is 19.9 Å². The zero-order valence-corrected chi connectivity index (χ0v) is 16.3. The van der Waals surface area contributed by atoms with Gasteiger partial charge in [0.15, 0.2) is 6.61 Å². The van der Waals surface area contributed by atoms with Gasteiger partial charge in [0, 0.05) is 4.88 Å². The summed E-state index contributed by atoms with van der Waals surface area (Å²) in [4.78, 5) is 37.4. The van der Waals surface area contributed by atoms with Crippen LogP contribution < -0.4 is 20.5 Å². The number of nitrogens with two attached hydrogens (primary N) is 1. The van der Waals surface area contributed by atoms with Crippen LogP contribution in [0.2, 0.25) is 0 Å². The topological polar surface area (TPSA) is 117 Å². The lowest BCUT2D eigenvalue weighted by Gasteiger charge is -2.10. The number of ether oxygens (including phenoxy) is 3. The Morgan fingerprint density at radius 2 is 1.96 bits per heavy atom. The summed E-state index contributed by atoms with van der Waals surface area (Å²) in [5, 5.41) is 3.03. The van der Waals surface area contributed by atoms with Gasteiger partial charge in [-0.15, -0.1) is 11.3 Å². The van der Waals surface area contributed by atoms with Gasteiger partial charge < -0.3 is 25.3 Å². The summed E-state index contributed by atoms with van der Waals surface area (Å²) < 4.78 is 15.3. The van der Waals surface area contributed by atoms with Crippen molar-refractivity contribution in [3.05, 3.63) is 39.8 Å². The largest absolute Gasteiger partial charge is 0.497 e. The number of carbonyl (C=O) groups is 3. The fraction of sp³-hybridized carbons (Fsp3) is 0.316. The number of amides is 2. The second kappa shape index (κ2) is 8.30. The number of nitrogens with one attached hydrogen (secondary N) is 1. The van der Waals surface area contributed by atoms with Gasteiger partial charge in [0.05, 0.1) is 19.8 Å². The number of thiophene rings is 1. The minimum absolute atomic E-state index is 0.141. The number of hydrogen-bond acceptors (Lipinski definition) is 7. The zero-order valence-electron chi connectivity index (χ0n) is 15.5. The van der Waals surface area contributed by atoms with Crippen molar-refractivity contribution >= 4 is 34.1 Å². The molecule has 1 heterocycles. The van der Waals surface area contributed by atoms with E-state index in [2.05, 4.69) is 5.32 Å². The third-order valence-corrected chi connectivity index (χ3v) is 5.59. The summed E-state index contributed by atoms with van der Waals surface area (Å²) in [5.41, 5.74) is 6.87. The summed E-state index contributed by atoms with van der Waals surface area (Å²) in [5.74, 6) is -1.10. The maximum Gasteiger partial charge on any atom is 0.342 e. The predicted octanol–water partition coefficient (Wildman–Crippen LogP) is 2.15. The molecule has 0 fully saturated rings. The van der Waals surface area contributed by atoms with E-state index < -0.39 is 24.4 Å². The lowest BCUT2D eigenvalue weighted by atomic mass is 10.1. The van der Waals surface area contributed by atoms with Crippen molar-refractivity contribution < 1.29 is 28.6 Å². The van der Waals surface area contributed by atoms with Crippen LogP contribution in [0.15, 0.2) is 18.2 Å². The first-order valence-corrected chi connectivity index (χ1v) is 9.39. The number of primary amides is 1. The molecule has 0 atom stereocenters. The van der Waals surface area contributed by atoms with Gasteiger partial charge in [-0.05, 0) is 43.0 Å². The van der Waals surface area contributed by atoms with E-state index >= 15 is 0 Å². The van der Waals surface area contributed by atoms with Gasteiger partial charge in [-0.25, -0.2) is 4.79 Å². The molecule has 2 amide bonds. The Hall–Kier alpha value is -3.07. The SMILES string of the molecule is COc1ccc(OC)c(C(=O)OCC(=O)Nc2sc3c(c2C(N)=O)CCC3)c1. The van der Waals surface area contributed by atoms with Crippen LogP contribution in [-0.2, 0) is 22.4 Å². The molecular weight excluding hydrogens is 384 g/mol. The molecule has 0 radical (unpaired) electrons. The van der Waals surface area contributed by atoms with Gasteiger partial charge >= 0.3 is 5.97 Å². The van der Waals surface area contributed by atoms with Gasteiger partial charge in [-0.2, -0.15) is 0 Å². The highest BCUT2D eigenvalue weighted by Gasteiger charge is 2.26. The fourth-order valence-corrected chi connectivity index (χ4v) is 4.41. The van der Waals surface area contributed by atoms with Crippen molar-refractivity contribution in [1.29, 1.82) is 0 Å². The molecule has 0 saturated carbocycles. The summed E-state index contributed by atoms with van der Waals surface area (Å²) >= 11 is 1.34. The van der Waals surface area contributed by atoms with E-state index in [1.807, 2.05) is 0 Å². The first kappa shape index (κ1) is 19.7. The number of carbonyl (C=O) groups excluding carboxylic acids is 3. The molecule has 9 heteroatoms. The normalized spacial score (nSPS) is 12.2. The van der Waals surface area contributed by atoms with E-state index in [1.54, 1.807) is 12.1 Å². The van der Waals surface area contributed by atoms with Crippen LogP contribution in [0.3, 0.4) is 0 Å². The Labute approximate surface area is 165 Å². The van der Waals surface area contributed by atoms with Crippen LogP contribution in [-0.4, -0.2) is 38.6 Å². The van der Waals surface area contributed by atoms with Gasteiger partial charge in [-0.1, -0.05) is 0 Å². The number of benzene rings is 1. The molecule has 2 aromatic rings. The number of aryl methyl sites for hydroxylation is 1. The van der Waals surface area contributed by atoms with Crippen LogP contribution >= 0.6 is 11.3 Å². The monoisotopic (exact) mass is 404 g/mol. The molecule has 0 spiro atoms. The minimum Gasteiger partial charge on any atom is -0.497 e. The van der Waals surface area contributed by atoms with Gasteiger partial charge in [-0.3, -0.25) is 9.59 Å². The molecule has 1 aromatic heterocycles. The van der Waals surface area contributed by atoms with Crippen LogP contribution in [0.25, 0.3) is 0 Å². The van der Waals surface area contributed by atoms with E-state index in [0.717, 1.165) is 29.7 Å². The Bertz CT molecular complexity index is 937. The highest BCUT2D eigenvalue weighted by atomic mass is 32.1. The van der Waals surface area contributed by atoms with E-state index in [1.165, 1.54) is 31.6 Å². The molecule has 0 aliphatic heterocycles. The van der Waals surface area contributed by atoms with Gasteiger partial charge in [0.25, 0.3) is 11.8 Å². The molecule has 28 heavy (non-hydrogen) atoms. The maximum absolute atomic E-state index is 12.3. The lowest BCUT2D eigenvalue weighted by molar-refractivity contribution is -0.119. The Kier molecular flexibility index (Phi) is 5.84. The number of esters is 1. The lowest BCUT2D eigenvalue weighted by Crippen LogP contribution is -2.23. The summed E-state index contributed by atoms with van der Waals surface area (Å²) in [6.45, 7) is -0.514. The highest BCUT2D eigenvalue weighted by molar-refractivity contribution is 7.17. The molecule has 3 N–H and O–H groups in total. The Morgan fingerprint density at radius 1 is 1.18 bits per heavy atom. The van der Waals surface area contributed by atoms with E-state index in [9.17, 15) is 14.4 Å². The molecule has 0 bridgehead atoms. The number of rotatable bonds is 7. The predicted molar refractivity (Wildman–Crippen MR) is 103 cm³/mol. The molecule has 148 valence electrons. The van der Waals surface area contributed by atoms with Crippen molar-refractivity contribution in [3.63, 3.8) is 0 Å². The van der Waals surface area contributed by atoms with Crippen molar-refractivity contribution in [3.8, 4) is 11.5 Å². The molecule has 1 aliphatic rings. The summed E-state index contributed by atoms with van der Waals surface area (Å²) in [7, 11) is 2.89. The van der Waals surface area contributed by atoms with E-state index in [0.29, 0.717) is 22.1 Å². The maximum atomic E-state index is 12.3. The third kappa shape index (κ3) is 3.94. The fourth-order valence-electron chi connectivity index (χ4n) is 3.10. The van der Waals surface area contributed by atoms with Crippen LogP contribution in [0.1, 0.15) is 37.6 Å². The highest BCUT2D eigenvalue weighted by Crippen LogP contribution is 2.38. The first-order valence-electron chi connectivity index (χ1n) is 8.58. The number of methoxy groups -OCH3 is 2. The molecule has 0 saturated heterocycles. The number of hydrogen-bond donors (Lipinski definition) is 2.